The molecular weight excluding hydrogens is 330 g/mol. The van der Waals surface area contributed by atoms with Crippen LogP contribution in [0.5, 0.6) is 0 Å². The predicted molar refractivity (Wildman–Crippen MR) is 90.6 cm³/mol. The Morgan fingerprint density at radius 3 is 2.71 bits per heavy atom. The van der Waals surface area contributed by atoms with Crippen LogP contribution in [0.3, 0.4) is 0 Å². The second-order valence-corrected chi connectivity index (χ2v) is 7.59. The van der Waals surface area contributed by atoms with E-state index in [1.165, 1.54) is 12.5 Å². The smallest absolute Gasteiger partial charge is 0.328 e. The van der Waals surface area contributed by atoms with Gasteiger partial charge < -0.3 is 10.0 Å². The number of hydrogen-bond donors (Lipinski definition) is 1. The van der Waals surface area contributed by atoms with Gasteiger partial charge in [0.05, 0.1) is 0 Å². The van der Waals surface area contributed by atoms with Gasteiger partial charge in [-0.25, -0.2) is 4.79 Å². The highest BCUT2D eigenvalue weighted by molar-refractivity contribution is 9.10. The van der Waals surface area contributed by atoms with Crippen molar-refractivity contribution in [1.82, 2.24) is 0 Å². The van der Waals surface area contributed by atoms with Crippen LogP contribution in [0.4, 0.5) is 5.69 Å². The number of benzene rings is 1. The molecule has 1 aliphatic rings. The van der Waals surface area contributed by atoms with Crippen LogP contribution in [0, 0.1) is 11.3 Å². The number of carboxylic acids is 1. The molecule has 1 heterocycles. The number of aliphatic carboxylic acids is 1. The van der Waals surface area contributed by atoms with Crippen LogP contribution in [0.15, 0.2) is 28.7 Å². The molecular formula is C17H22BrNO2. The number of nitrogens with zero attached hydrogens (tertiary/aromatic N) is 1. The Morgan fingerprint density at radius 1 is 1.43 bits per heavy atom. The number of halogens is 1. The van der Waals surface area contributed by atoms with Crippen LogP contribution in [0.1, 0.15) is 32.8 Å². The summed E-state index contributed by atoms with van der Waals surface area (Å²) in [6.07, 6.45) is 4.05. The molecule has 1 aromatic rings. The number of rotatable bonds is 3. The van der Waals surface area contributed by atoms with Crippen molar-refractivity contribution in [3.63, 3.8) is 0 Å². The third-order valence-corrected chi connectivity index (χ3v) is 4.64. The fraction of sp³-hybridized carbons (Fsp3) is 0.471. The molecule has 0 radical (unpaired) electrons. The Kier molecular flexibility index (Phi) is 4.77. The maximum Gasteiger partial charge on any atom is 0.328 e. The van der Waals surface area contributed by atoms with Gasteiger partial charge in [0.2, 0.25) is 0 Å². The molecule has 3 nitrogen and oxygen atoms in total. The second kappa shape index (κ2) is 6.22. The molecule has 0 spiro atoms. The topological polar surface area (TPSA) is 40.5 Å². The molecule has 0 amide bonds. The van der Waals surface area contributed by atoms with Gasteiger partial charge in [-0.2, -0.15) is 0 Å². The van der Waals surface area contributed by atoms with Crippen molar-refractivity contribution in [2.75, 3.05) is 18.0 Å². The first-order chi connectivity index (χ1) is 9.77. The van der Waals surface area contributed by atoms with Crippen molar-refractivity contribution < 1.29 is 9.90 Å². The van der Waals surface area contributed by atoms with Gasteiger partial charge in [-0.05, 0) is 47.6 Å². The van der Waals surface area contributed by atoms with Crippen LogP contribution in [0.25, 0.3) is 6.08 Å². The van der Waals surface area contributed by atoms with Gasteiger partial charge in [-0.3, -0.25) is 0 Å². The lowest BCUT2D eigenvalue weighted by molar-refractivity contribution is -0.131. The highest BCUT2D eigenvalue weighted by Gasteiger charge is 2.32. The van der Waals surface area contributed by atoms with Gasteiger partial charge >= 0.3 is 5.97 Å². The van der Waals surface area contributed by atoms with Crippen molar-refractivity contribution in [3.05, 3.63) is 34.3 Å². The molecule has 1 atom stereocenters. The van der Waals surface area contributed by atoms with Crippen molar-refractivity contribution >= 4 is 33.7 Å². The lowest BCUT2D eigenvalue weighted by atomic mass is 9.80. The lowest BCUT2D eigenvalue weighted by Crippen LogP contribution is -2.26. The fourth-order valence-electron chi connectivity index (χ4n) is 2.79. The van der Waals surface area contributed by atoms with Crippen LogP contribution in [-0.2, 0) is 4.79 Å². The molecule has 114 valence electrons. The quantitative estimate of drug-likeness (QED) is 0.819. The first kappa shape index (κ1) is 16.1. The van der Waals surface area contributed by atoms with E-state index in [1.807, 2.05) is 12.1 Å². The summed E-state index contributed by atoms with van der Waals surface area (Å²) in [6.45, 7) is 8.91. The monoisotopic (exact) mass is 351 g/mol. The fourth-order valence-corrected chi connectivity index (χ4v) is 3.17. The summed E-state index contributed by atoms with van der Waals surface area (Å²) >= 11 is 3.46. The summed E-state index contributed by atoms with van der Waals surface area (Å²) in [5.41, 5.74) is 2.37. The maximum atomic E-state index is 10.8. The van der Waals surface area contributed by atoms with E-state index in [4.69, 9.17) is 5.11 Å². The lowest BCUT2D eigenvalue weighted by Gasteiger charge is -2.28. The normalized spacial score (nSPS) is 19.4. The molecule has 1 unspecified atom stereocenters. The zero-order chi connectivity index (χ0) is 15.6. The van der Waals surface area contributed by atoms with E-state index in [9.17, 15) is 4.79 Å². The van der Waals surface area contributed by atoms with Crippen molar-refractivity contribution in [3.8, 4) is 0 Å². The van der Waals surface area contributed by atoms with Crippen molar-refractivity contribution in [2.24, 2.45) is 11.3 Å². The molecule has 0 saturated carbocycles. The zero-order valence-corrected chi connectivity index (χ0v) is 14.4. The van der Waals surface area contributed by atoms with E-state index < -0.39 is 5.97 Å². The van der Waals surface area contributed by atoms with Gasteiger partial charge in [0.15, 0.2) is 0 Å². The molecule has 21 heavy (non-hydrogen) atoms. The van der Waals surface area contributed by atoms with Crippen LogP contribution in [-0.4, -0.2) is 24.2 Å². The summed E-state index contributed by atoms with van der Waals surface area (Å²) < 4.78 is 0.961. The summed E-state index contributed by atoms with van der Waals surface area (Å²) in [5, 5.41) is 8.84. The minimum absolute atomic E-state index is 0.307. The first-order valence-electron chi connectivity index (χ1n) is 7.23. The summed E-state index contributed by atoms with van der Waals surface area (Å²) in [4.78, 5) is 13.1. The highest BCUT2D eigenvalue weighted by atomic mass is 79.9. The van der Waals surface area contributed by atoms with Crippen LogP contribution in [0.2, 0.25) is 0 Å². The molecule has 1 aliphatic heterocycles. The SMILES string of the molecule is CC(C)(C)C1CCN(c2ccc(Br)cc2/C=C/C(=O)O)C1. The molecule has 4 heteroatoms. The minimum atomic E-state index is -0.921. The van der Waals surface area contributed by atoms with E-state index in [1.54, 1.807) is 6.08 Å². The zero-order valence-electron chi connectivity index (χ0n) is 12.8. The van der Waals surface area contributed by atoms with Gasteiger partial charge in [0, 0.05) is 29.3 Å². The van der Waals surface area contributed by atoms with Crippen molar-refractivity contribution in [1.29, 1.82) is 0 Å². The number of carboxylic acid groups (broad SMARTS) is 1. The van der Waals surface area contributed by atoms with E-state index in [-0.39, 0.29) is 0 Å². The molecule has 1 N–H and O–H groups in total. The van der Waals surface area contributed by atoms with Crippen molar-refractivity contribution in [2.45, 2.75) is 27.2 Å². The van der Waals surface area contributed by atoms with Crippen LogP contribution >= 0.6 is 15.9 Å². The number of anilines is 1. The summed E-state index contributed by atoms with van der Waals surface area (Å²) in [5.74, 6) is -0.257. The molecule has 0 bridgehead atoms. The third kappa shape index (κ3) is 4.10. The average molecular weight is 352 g/mol. The standard InChI is InChI=1S/C17H22BrNO2/c1-17(2,3)13-8-9-19(11-13)15-6-5-14(18)10-12(15)4-7-16(20)21/h4-7,10,13H,8-9,11H2,1-3H3,(H,20,21)/b7-4+. The Bertz CT molecular complexity index is 560. The molecule has 0 aromatic heterocycles. The van der Waals surface area contributed by atoms with Gasteiger partial charge in [0.25, 0.3) is 0 Å². The summed E-state index contributed by atoms with van der Waals surface area (Å²) in [6, 6.07) is 6.05. The number of hydrogen-bond acceptors (Lipinski definition) is 2. The maximum absolute atomic E-state index is 10.8. The molecule has 1 saturated heterocycles. The summed E-state index contributed by atoms with van der Waals surface area (Å²) in [7, 11) is 0. The minimum Gasteiger partial charge on any atom is -0.478 e. The third-order valence-electron chi connectivity index (χ3n) is 4.15. The van der Waals surface area contributed by atoms with E-state index in [0.29, 0.717) is 11.3 Å². The van der Waals surface area contributed by atoms with E-state index in [0.717, 1.165) is 28.8 Å². The largest absolute Gasteiger partial charge is 0.478 e. The van der Waals surface area contributed by atoms with E-state index >= 15 is 0 Å². The molecule has 2 rings (SSSR count). The van der Waals surface area contributed by atoms with Gasteiger partial charge in [-0.15, -0.1) is 0 Å². The average Bonchev–Trinajstić information content (AvgIpc) is 2.85. The number of carbonyl (C=O) groups is 1. The van der Waals surface area contributed by atoms with Gasteiger partial charge in [-0.1, -0.05) is 36.7 Å². The van der Waals surface area contributed by atoms with Crippen LogP contribution < -0.4 is 4.90 Å². The Balaban J connectivity index is 2.26. The Labute approximate surface area is 134 Å². The Hall–Kier alpha value is -1.29. The predicted octanol–water partition coefficient (Wildman–Crippen LogP) is 4.42. The first-order valence-corrected chi connectivity index (χ1v) is 8.02. The Morgan fingerprint density at radius 2 is 2.14 bits per heavy atom. The molecule has 0 aliphatic carbocycles. The van der Waals surface area contributed by atoms with Gasteiger partial charge in [0.1, 0.15) is 0 Å². The second-order valence-electron chi connectivity index (χ2n) is 6.67. The molecule has 1 aromatic carbocycles. The molecule has 1 fully saturated rings. The highest BCUT2D eigenvalue weighted by Crippen LogP contribution is 2.37. The van der Waals surface area contributed by atoms with E-state index in [2.05, 4.69) is 47.7 Å².